The molecule has 60 valence electrons. The van der Waals surface area contributed by atoms with E-state index in [1.807, 2.05) is 0 Å². The summed E-state index contributed by atoms with van der Waals surface area (Å²) < 4.78 is 0. The number of hydrogen-bond donors (Lipinski definition) is 1. The highest BCUT2D eigenvalue weighted by Gasteiger charge is 2.07. The zero-order chi connectivity index (χ0) is 8.97. The van der Waals surface area contributed by atoms with Gasteiger partial charge in [0.2, 0.25) is 5.78 Å². The predicted octanol–water partition coefficient (Wildman–Crippen LogP) is 0.881. The molecule has 0 fully saturated rings. The normalized spacial score (nSPS) is 18.8. The third kappa shape index (κ3) is 1.81. The van der Waals surface area contributed by atoms with Gasteiger partial charge in [0.15, 0.2) is 5.76 Å². The van der Waals surface area contributed by atoms with E-state index in [-0.39, 0.29) is 5.76 Å². The number of aliphatic hydroxyl groups is 1. The summed E-state index contributed by atoms with van der Waals surface area (Å²) in [5, 5.41) is 8.95. The van der Waals surface area contributed by atoms with Crippen LogP contribution in [-0.4, -0.2) is 16.8 Å². The van der Waals surface area contributed by atoms with Crippen LogP contribution in [0.25, 0.3) is 0 Å². The summed E-state index contributed by atoms with van der Waals surface area (Å²) in [5.41, 5.74) is 0.593. The number of rotatable bonds is 1. The summed E-state index contributed by atoms with van der Waals surface area (Å²) in [6.07, 6.45) is 6.65. The molecule has 0 radical (unpaired) electrons. The van der Waals surface area contributed by atoms with Gasteiger partial charge < -0.3 is 5.11 Å². The quantitative estimate of drug-likeness (QED) is 0.582. The lowest BCUT2D eigenvalue weighted by atomic mass is 10.1. The van der Waals surface area contributed by atoms with E-state index >= 15 is 0 Å². The minimum Gasteiger partial charge on any atom is -0.504 e. The molecule has 0 spiro atoms. The fourth-order valence-corrected chi connectivity index (χ4v) is 0.768. The van der Waals surface area contributed by atoms with Crippen LogP contribution in [0.15, 0.2) is 41.7 Å². The van der Waals surface area contributed by atoms with Crippen molar-refractivity contribution in [3.8, 4) is 0 Å². The van der Waals surface area contributed by atoms with Crippen molar-refractivity contribution >= 4 is 11.7 Å². The van der Waals surface area contributed by atoms with Gasteiger partial charge in [-0.2, -0.15) is 0 Å². The van der Waals surface area contributed by atoms with E-state index in [0.717, 1.165) is 0 Å². The van der Waals surface area contributed by atoms with Gasteiger partial charge in [0, 0.05) is 6.08 Å². The Bertz CT molecular complexity index is 339. The number of allylic oxidation sites excluding steroid dienone is 6. The van der Waals surface area contributed by atoms with Gasteiger partial charge in [-0.25, -0.2) is 4.79 Å². The largest absolute Gasteiger partial charge is 0.504 e. The molecule has 0 aromatic carbocycles. The molecule has 1 rings (SSSR count). The first kappa shape index (κ1) is 8.24. The maximum Gasteiger partial charge on any atom is 0.220 e. The first-order valence-corrected chi connectivity index (χ1v) is 3.28. The van der Waals surface area contributed by atoms with Gasteiger partial charge in [0.05, 0.1) is 0 Å². The fraction of sp³-hybridized carbons (Fsp3) is 0. The van der Waals surface area contributed by atoms with E-state index in [0.29, 0.717) is 5.57 Å². The molecular weight excluding hydrogens is 156 g/mol. The molecule has 1 aliphatic carbocycles. The number of carbonyl (C=O) groups excluding carboxylic acids is 2. The highest BCUT2D eigenvalue weighted by atomic mass is 16.3. The molecule has 3 nitrogen and oxygen atoms in total. The Kier molecular flexibility index (Phi) is 2.41. The van der Waals surface area contributed by atoms with E-state index in [9.17, 15) is 9.59 Å². The minimum atomic E-state index is -0.428. The van der Waals surface area contributed by atoms with Crippen LogP contribution < -0.4 is 0 Å². The average Bonchev–Trinajstić information content (AvgIpc) is 2.07. The molecular formula is C9H6O3. The van der Waals surface area contributed by atoms with Gasteiger partial charge in [0.1, 0.15) is 5.94 Å². The lowest BCUT2D eigenvalue weighted by Crippen LogP contribution is -2.01. The van der Waals surface area contributed by atoms with Gasteiger partial charge in [-0.05, 0) is 23.8 Å². The SMILES string of the molecule is O=C=C/C=C1\C=CC(=O)C(O)=C1. The lowest BCUT2D eigenvalue weighted by molar-refractivity contribution is -0.113. The maximum absolute atomic E-state index is 10.7. The molecule has 0 amide bonds. The molecule has 0 saturated heterocycles. The van der Waals surface area contributed by atoms with Crippen LogP contribution in [0.2, 0.25) is 0 Å². The second kappa shape index (κ2) is 3.51. The molecule has 0 aromatic rings. The molecule has 0 unspecified atom stereocenters. The van der Waals surface area contributed by atoms with Crippen LogP contribution in [0.5, 0.6) is 0 Å². The Morgan fingerprint density at radius 3 is 2.75 bits per heavy atom. The minimum absolute atomic E-state index is 0.317. The summed E-state index contributed by atoms with van der Waals surface area (Å²) >= 11 is 0. The highest BCUT2D eigenvalue weighted by molar-refractivity contribution is 6.04. The standard InChI is InChI=1S/C9H6O3/c10-5-1-2-7-3-4-8(11)9(12)6-7/h1-4,6,12H/b7-2+. The van der Waals surface area contributed by atoms with Gasteiger partial charge in [0.25, 0.3) is 0 Å². The Balaban J connectivity index is 2.93. The van der Waals surface area contributed by atoms with E-state index in [1.165, 1.54) is 30.4 Å². The number of carbonyl (C=O) groups is 1. The molecule has 0 saturated carbocycles. The summed E-state index contributed by atoms with van der Waals surface area (Å²) in [7, 11) is 0. The van der Waals surface area contributed by atoms with Crippen LogP contribution in [-0.2, 0) is 9.59 Å². The second-order valence-electron chi connectivity index (χ2n) is 2.18. The highest BCUT2D eigenvalue weighted by Crippen LogP contribution is 2.10. The molecule has 0 heterocycles. The topological polar surface area (TPSA) is 54.4 Å². The molecule has 0 atom stereocenters. The number of aliphatic hydroxyl groups excluding tert-OH is 1. The van der Waals surface area contributed by atoms with E-state index in [1.54, 1.807) is 5.94 Å². The van der Waals surface area contributed by atoms with E-state index in [4.69, 9.17) is 5.11 Å². The monoisotopic (exact) mass is 162 g/mol. The molecule has 0 aliphatic heterocycles. The molecule has 0 bridgehead atoms. The first-order valence-electron chi connectivity index (χ1n) is 3.28. The van der Waals surface area contributed by atoms with Crippen molar-refractivity contribution < 1.29 is 14.7 Å². The van der Waals surface area contributed by atoms with Crippen molar-refractivity contribution in [2.45, 2.75) is 0 Å². The summed E-state index contributed by atoms with van der Waals surface area (Å²) in [6, 6.07) is 0. The smallest absolute Gasteiger partial charge is 0.220 e. The van der Waals surface area contributed by atoms with Crippen LogP contribution in [0.4, 0.5) is 0 Å². The van der Waals surface area contributed by atoms with Gasteiger partial charge >= 0.3 is 0 Å². The van der Waals surface area contributed by atoms with Crippen LogP contribution in [0.3, 0.4) is 0 Å². The zero-order valence-electron chi connectivity index (χ0n) is 6.15. The Hall–Kier alpha value is -1.86. The van der Waals surface area contributed by atoms with Crippen LogP contribution in [0, 0.1) is 0 Å². The third-order valence-electron chi connectivity index (χ3n) is 1.33. The molecule has 1 aliphatic rings. The van der Waals surface area contributed by atoms with Crippen molar-refractivity contribution in [3.63, 3.8) is 0 Å². The molecule has 12 heavy (non-hydrogen) atoms. The maximum atomic E-state index is 10.7. The molecule has 0 aromatic heterocycles. The van der Waals surface area contributed by atoms with E-state index in [2.05, 4.69) is 0 Å². The first-order chi connectivity index (χ1) is 5.74. The lowest BCUT2D eigenvalue weighted by Gasteiger charge is -2.00. The third-order valence-corrected chi connectivity index (χ3v) is 1.33. The van der Waals surface area contributed by atoms with Gasteiger partial charge in [-0.3, -0.25) is 4.79 Å². The fourth-order valence-electron chi connectivity index (χ4n) is 0.768. The summed E-state index contributed by atoms with van der Waals surface area (Å²) in [4.78, 5) is 20.5. The van der Waals surface area contributed by atoms with Crippen molar-refractivity contribution in [2.75, 3.05) is 0 Å². The number of ketones is 1. The average molecular weight is 162 g/mol. The van der Waals surface area contributed by atoms with Crippen LogP contribution in [0.1, 0.15) is 0 Å². The van der Waals surface area contributed by atoms with Crippen LogP contribution >= 0.6 is 0 Å². The van der Waals surface area contributed by atoms with Crippen molar-refractivity contribution in [1.82, 2.24) is 0 Å². The second-order valence-corrected chi connectivity index (χ2v) is 2.18. The van der Waals surface area contributed by atoms with Gasteiger partial charge in [-0.1, -0.05) is 6.08 Å². The molecule has 3 heteroatoms. The van der Waals surface area contributed by atoms with Crippen molar-refractivity contribution in [3.05, 3.63) is 41.7 Å². The zero-order valence-corrected chi connectivity index (χ0v) is 6.15. The Labute approximate surface area is 69.0 Å². The predicted molar refractivity (Wildman–Crippen MR) is 43.2 cm³/mol. The summed E-state index contributed by atoms with van der Waals surface area (Å²) in [6.45, 7) is 0. The summed E-state index contributed by atoms with van der Waals surface area (Å²) in [5.74, 6) is 0.815. The Morgan fingerprint density at radius 2 is 2.17 bits per heavy atom. The van der Waals surface area contributed by atoms with E-state index < -0.39 is 5.78 Å². The van der Waals surface area contributed by atoms with Crippen molar-refractivity contribution in [1.29, 1.82) is 0 Å². The number of hydrogen-bond acceptors (Lipinski definition) is 3. The van der Waals surface area contributed by atoms with Gasteiger partial charge in [-0.15, -0.1) is 0 Å². The van der Waals surface area contributed by atoms with Crippen molar-refractivity contribution in [2.24, 2.45) is 0 Å². The molecule has 1 N–H and O–H groups in total. The Morgan fingerprint density at radius 1 is 1.42 bits per heavy atom.